The molecule has 3 heterocycles. The third-order valence-corrected chi connectivity index (χ3v) is 5.06. The summed E-state index contributed by atoms with van der Waals surface area (Å²) in [6.45, 7) is 2.02. The molecule has 0 spiro atoms. The normalized spacial score (nSPS) is 14.6. The Morgan fingerprint density at radius 3 is 2.83 bits per heavy atom. The zero-order valence-electron chi connectivity index (χ0n) is 12.3. The Balaban J connectivity index is 1.86. The van der Waals surface area contributed by atoms with Gasteiger partial charge in [-0.05, 0) is 42.7 Å². The van der Waals surface area contributed by atoms with Crippen molar-refractivity contribution in [1.82, 2.24) is 9.38 Å². The van der Waals surface area contributed by atoms with Crippen LogP contribution >= 0.6 is 35.0 Å². The molecule has 1 aliphatic rings. The number of thioether (sulfide) groups is 1. The molecule has 0 fully saturated rings. The Kier molecular flexibility index (Phi) is 3.76. The topological polar surface area (TPSA) is 20.5 Å². The van der Waals surface area contributed by atoms with Crippen molar-refractivity contribution < 1.29 is 0 Å². The number of halogens is 2. The Morgan fingerprint density at radius 1 is 1.13 bits per heavy atom. The molecule has 0 radical (unpaired) electrons. The molecule has 0 bridgehead atoms. The van der Waals surface area contributed by atoms with Crippen molar-refractivity contribution in [3.05, 3.63) is 69.4 Å². The average molecular weight is 362 g/mol. The fourth-order valence-electron chi connectivity index (χ4n) is 2.81. The second-order valence-electron chi connectivity index (χ2n) is 5.33. The van der Waals surface area contributed by atoms with Crippen LogP contribution in [0.1, 0.15) is 11.4 Å². The number of hydrogen-bond donors (Lipinski definition) is 0. The Hall–Kier alpha value is -1.62. The van der Waals surface area contributed by atoms with Crippen molar-refractivity contribution in [1.29, 1.82) is 0 Å². The maximum absolute atomic E-state index is 6.18. The fraction of sp³-hybridized carbons (Fsp3) is 0.118. The highest BCUT2D eigenvalue weighted by atomic mass is 35.5. The number of nitrogens with zero attached hydrogens (tertiary/aromatic N) is 3. The summed E-state index contributed by atoms with van der Waals surface area (Å²) < 4.78 is 2.05. The largest absolute Gasteiger partial charge is 0.329 e. The molecule has 0 aliphatic carbocycles. The lowest BCUT2D eigenvalue weighted by Crippen LogP contribution is -2.18. The van der Waals surface area contributed by atoms with E-state index < -0.39 is 0 Å². The maximum atomic E-state index is 6.18. The van der Waals surface area contributed by atoms with Crippen LogP contribution in [0.15, 0.2) is 48.0 Å². The van der Waals surface area contributed by atoms with Gasteiger partial charge >= 0.3 is 0 Å². The first-order chi connectivity index (χ1) is 11.1. The lowest BCUT2D eigenvalue weighted by Gasteiger charge is -2.22. The lowest BCUT2D eigenvalue weighted by atomic mass is 10.2. The van der Waals surface area contributed by atoms with Crippen LogP contribution in [0, 0.1) is 6.92 Å². The van der Waals surface area contributed by atoms with Gasteiger partial charge in [-0.1, -0.05) is 29.3 Å². The van der Waals surface area contributed by atoms with Crippen molar-refractivity contribution in [3.8, 4) is 0 Å². The van der Waals surface area contributed by atoms with Crippen LogP contribution in [0.25, 0.3) is 11.3 Å². The summed E-state index contributed by atoms with van der Waals surface area (Å²) >= 11 is 14.1. The molecular weight excluding hydrogens is 349 g/mol. The molecule has 0 N–H and O–H groups in total. The van der Waals surface area contributed by atoms with E-state index in [1.807, 2.05) is 47.9 Å². The summed E-state index contributed by atoms with van der Waals surface area (Å²) in [5.74, 6) is 0.850. The molecule has 0 atom stereocenters. The summed E-state index contributed by atoms with van der Waals surface area (Å²) in [4.78, 5) is 6.89. The quantitative estimate of drug-likeness (QED) is 0.604. The average Bonchev–Trinajstić information content (AvgIpc) is 3.10. The van der Waals surface area contributed by atoms with E-state index in [1.165, 1.54) is 0 Å². The second-order valence-corrected chi connectivity index (χ2v) is 7.03. The number of pyridine rings is 1. The smallest absolute Gasteiger partial charge is 0.137 e. The van der Waals surface area contributed by atoms with Crippen molar-refractivity contribution in [2.45, 2.75) is 6.92 Å². The number of fused-ring (bicyclic) bond motifs is 1. The third-order valence-electron chi connectivity index (χ3n) is 3.81. The molecule has 0 saturated carbocycles. The highest BCUT2D eigenvalue weighted by Crippen LogP contribution is 2.37. The van der Waals surface area contributed by atoms with Gasteiger partial charge in [0.25, 0.3) is 0 Å². The minimum atomic E-state index is 0.691. The molecule has 0 saturated heterocycles. The van der Waals surface area contributed by atoms with E-state index in [4.69, 9.17) is 23.2 Å². The van der Waals surface area contributed by atoms with Crippen LogP contribution in [-0.4, -0.2) is 15.3 Å². The molecule has 6 heteroatoms. The standard InChI is InChI=1S/C17H13Cl2N3S/c1-11-17(21-8-13(19)5-6-16(21)20-11)15-9-23-10-22(15)14-4-2-3-12(18)7-14/h2-9H,10H2,1H3. The second kappa shape index (κ2) is 5.78. The first-order valence-corrected chi connectivity index (χ1v) is 8.93. The number of aryl methyl sites for hydroxylation is 1. The van der Waals surface area contributed by atoms with Crippen LogP contribution in [0.5, 0.6) is 0 Å². The minimum Gasteiger partial charge on any atom is -0.329 e. The van der Waals surface area contributed by atoms with E-state index in [0.29, 0.717) is 5.02 Å². The Bertz CT molecular complexity index is 933. The van der Waals surface area contributed by atoms with Gasteiger partial charge < -0.3 is 4.90 Å². The van der Waals surface area contributed by atoms with Crippen molar-refractivity contribution in [2.75, 3.05) is 10.8 Å². The molecule has 116 valence electrons. The summed E-state index contributed by atoms with van der Waals surface area (Å²) in [7, 11) is 0. The molecule has 3 aromatic rings. The minimum absolute atomic E-state index is 0.691. The van der Waals surface area contributed by atoms with Crippen molar-refractivity contribution in [2.24, 2.45) is 0 Å². The molecule has 1 aliphatic heterocycles. The molecule has 0 unspecified atom stereocenters. The molecule has 0 amide bonds. The van der Waals surface area contributed by atoms with Gasteiger partial charge in [0.15, 0.2) is 0 Å². The zero-order chi connectivity index (χ0) is 16.0. The predicted octanol–water partition coefficient (Wildman–Crippen LogP) is 5.46. The zero-order valence-corrected chi connectivity index (χ0v) is 14.7. The van der Waals surface area contributed by atoms with E-state index in [1.54, 1.807) is 11.8 Å². The number of hydrogen-bond acceptors (Lipinski definition) is 3. The van der Waals surface area contributed by atoms with Gasteiger partial charge in [-0.25, -0.2) is 4.98 Å². The van der Waals surface area contributed by atoms with Gasteiger partial charge in [0, 0.05) is 16.9 Å². The molecular formula is C17H13Cl2N3S. The van der Waals surface area contributed by atoms with Crippen molar-refractivity contribution in [3.63, 3.8) is 0 Å². The summed E-state index contributed by atoms with van der Waals surface area (Å²) in [6, 6.07) is 11.7. The summed E-state index contributed by atoms with van der Waals surface area (Å²) in [5, 5.41) is 3.59. The van der Waals surface area contributed by atoms with E-state index in [9.17, 15) is 0 Å². The maximum Gasteiger partial charge on any atom is 0.137 e. The van der Waals surface area contributed by atoms with E-state index >= 15 is 0 Å². The first-order valence-electron chi connectivity index (χ1n) is 7.13. The third kappa shape index (κ3) is 2.61. The highest BCUT2D eigenvalue weighted by molar-refractivity contribution is 8.02. The molecule has 2 aromatic heterocycles. The molecule has 23 heavy (non-hydrogen) atoms. The van der Waals surface area contributed by atoms with Gasteiger partial charge in [0.1, 0.15) is 5.65 Å². The van der Waals surface area contributed by atoms with Gasteiger partial charge in [-0.15, -0.1) is 11.8 Å². The van der Waals surface area contributed by atoms with Crippen LogP contribution in [0.4, 0.5) is 5.69 Å². The van der Waals surface area contributed by atoms with Crippen LogP contribution < -0.4 is 4.90 Å². The summed E-state index contributed by atoms with van der Waals surface area (Å²) in [6.07, 6.45) is 1.91. The lowest BCUT2D eigenvalue weighted by molar-refractivity contribution is 1.10. The van der Waals surface area contributed by atoms with E-state index in [-0.39, 0.29) is 0 Å². The SMILES string of the molecule is Cc1nc2ccc(Cl)cn2c1C1=CSCN1c1cccc(Cl)c1. The van der Waals surface area contributed by atoms with Crippen LogP contribution in [0.2, 0.25) is 10.0 Å². The molecule has 1 aromatic carbocycles. The number of imidazole rings is 1. The number of anilines is 1. The Morgan fingerprint density at radius 2 is 2.00 bits per heavy atom. The highest BCUT2D eigenvalue weighted by Gasteiger charge is 2.24. The monoisotopic (exact) mass is 361 g/mol. The first kappa shape index (κ1) is 14.9. The Labute approximate surface area is 148 Å². The van der Waals surface area contributed by atoms with Crippen molar-refractivity contribution >= 4 is 52.0 Å². The van der Waals surface area contributed by atoms with Gasteiger partial charge in [0.2, 0.25) is 0 Å². The number of rotatable bonds is 2. The van der Waals surface area contributed by atoms with Crippen LogP contribution in [0.3, 0.4) is 0 Å². The number of benzene rings is 1. The van der Waals surface area contributed by atoms with Gasteiger partial charge in [-0.3, -0.25) is 4.40 Å². The van der Waals surface area contributed by atoms with E-state index in [0.717, 1.165) is 39.3 Å². The van der Waals surface area contributed by atoms with E-state index in [2.05, 4.69) is 21.4 Å². The van der Waals surface area contributed by atoms with Crippen LogP contribution in [-0.2, 0) is 0 Å². The molecule has 4 rings (SSSR count). The number of aromatic nitrogens is 2. The van der Waals surface area contributed by atoms with Gasteiger partial charge in [0.05, 0.1) is 28.0 Å². The fourth-order valence-corrected chi connectivity index (χ4v) is 4.06. The molecule has 3 nitrogen and oxygen atoms in total. The predicted molar refractivity (Wildman–Crippen MR) is 99.3 cm³/mol. The summed E-state index contributed by atoms with van der Waals surface area (Å²) in [5.41, 5.74) is 5.13. The van der Waals surface area contributed by atoms with Gasteiger partial charge in [-0.2, -0.15) is 0 Å².